The van der Waals surface area contributed by atoms with Gasteiger partial charge in [-0.3, -0.25) is 0 Å². The summed E-state index contributed by atoms with van der Waals surface area (Å²) in [6, 6.07) is 8.73. The second-order valence-corrected chi connectivity index (χ2v) is 6.35. The number of benzene rings is 1. The van der Waals surface area contributed by atoms with Gasteiger partial charge in [-0.05, 0) is 18.1 Å². The van der Waals surface area contributed by atoms with Crippen LogP contribution in [-0.4, -0.2) is 19.4 Å². The van der Waals surface area contributed by atoms with Gasteiger partial charge in [-0.15, -0.1) is 0 Å². The van der Waals surface area contributed by atoms with E-state index in [4.69, 9.17) is 5.26 Å². The minimum absolute atomic E-state index is 0.141. The van der Waals surface area contributed by atoms with E-state index in [0.29, 0.717) is 17.7 Å². The zero-order valence-electron chi connectivity index (χ0n) is 9.19. The molecular formula is C11H13IN2O2S. The highest BCUT2D eigenvalue weighted by Gasteiger charge is 2.13. The average molecular weight is 364 g/mol. The Labute approximate surface area is 115 Å². The topological polar surface area (TPSA) is 70.0 Å². The number of nitrogens with zero attached hydrogens (tertiary/aromatic N) is 1. The summed E-state index contributed by atoms with van der Waals surface area (Å²) in [6.07, 6.45) is 0.805. The molecule has 4 nitrogen and oxygen atoms in total. The van der Waals surface area contributed by atoms with E-state index < -0.39 is 10.0 Å². The van der Waals surface area contributed by atoms with Gasteiger partial charge in [0.15, 0.2) is 0 Å². The predicted octanol–water partition coefficient (Wildman–Crippen LogP) is 1.80. The van der Waals surface area contributed by atoms with Gasteiger partial charge >= 0.3 is 0 Å². The summed E-state index contributed by atoms with van der Waals surface area (Å²) in [5.74, 6) is -0.141. The smallest absolute Gasteiger partial charge is 0.215 e. The molecular weight excluding hydrogens is 351 g/mol. The molecule has 1 aromatic rings. The summed E-state index contributed by atoms with van der Waals surface area (Å²) in [4.78, 5) is 0. The second-order valence-electron chi connectivity index (χ2n) is 3.46. The lowest BCUT2D eigenvalue weighted by atomic mass is 10.1. The van der Waals surface area contributed by atoms with Crippen molar-refractivity contribution in [3.8, 4) is 6.07 Å². The summed E-state index contributed by atoms with van der Waals surface area (Å²) in [7, 11) is -3.34. The minimum atomic E-state index is -3.34. The first-order valence-electron chi connectivity index (χ1n) is 5.10. The number of nitriles is 1. The fraction of sp³-hybridized carbons (Fsp3) is 0.364. The molecule has 0 bridgehead atoms. The Kier molecular flexibility index (Phi) is 5.88. The molecule has 0 aliphatic rings. The molecule has 6 heteroatoms. The lowest BCUT2D eigenvalue weighted by Crippen LogP contribution is -2.26. The van der Waals surface area contributed by atoms with Crippen LogP contribution in [0.4, 0.5) is 0 Å². The fourth-order valence-corrected chi connectivity index (χ4v) is 2.91. The highest BCUT2D eigenvalue weighted by atomic mass is 127. The third-order valence-corrected chi connectivity index (χ3v) is 4.21. The number of nitrogens with one attached hydrogen (secondary N) is 1. The Bertz CT molecular complexity index is 508. The second kappa shape index (κ2) is 6.93. The Morgan fingerprint density at radius 3 is 2.71 bits per heavy atom. The molecule has 0 aliphatic carbocycles. The molecule has 92 valence electrons. The number of hydrogen-bond acceptors (Lipinski definition) is 3. The summed E-state index contributed by atoms with van der Waals surface area (Å²) in [5.41, 5.74) is 0.948. The molecule has 0 fully saturated rings. The Morgan fingerprint density at radius 1 is 1.35 bits per heavy atom. The van der Waals surface area contributed by atoms with E-state index in [9.17, 15) is 8.42 Å². The molecule has 0 radical (unpaired) electrons. The maximum Gasteiger partial charge on any atom is 0.215 e. The molecule has 0 amide bonds. The Morgan fingerprint density at radius 2 is 2.06 bits per heavy atom. The summed E-state index contributed by atoms with van der Waals surface area (Å²) < 4.78 is 26.9. The van der Waals surface area contributed by atoms with Crippen LogP contribution in [0.5, 0.6) is 0 Å². The molecule has 1 N–H and O–H groups in total. The van der Waals surface area contributed by atoms with Crippen LogP contribution in [0.2, 0.25) is 0 Å². The van der Waals surface area contributed by atoms with Gasteiger partial charge in [-0.25, -0.2) is 13.1 Å². The van der Waals surface area contributed by atoms with Gasteiger partial charge in [-0.1, -0.05) is 40.8 Å². The molecule has 0 saturated heterocycles. The zero-order chi connectivity index (χ0) is 12.7. The quantitative estimate of drug-likeness (QED) is 0.476. The van der Waals surface area contributed by atoms with Crippen LogP contribution in [0.1, 0.15) is 17.5 Å². The fourth-order valence-electron chi connectivity index (χ4n) is 1.31. The van der Waals surface area contributed by atoms with Gasteiger partial charge in [0.2, 0.25) is 10.0 Å². The van der Waals surface area contributed by atoms with E-state index >= 15 is 0 Å². The van der Waals surface area contributed by atoms with E-state index in [1.54, 1.807) is 24.3 Å². The normalized spacial score (nSPS) is 11.1. The SMILES string of the molecule is N#Cc1ccccc1CS(=O)(=O)NCCCI. The van der Waals surface area contributed by atoms with Crippen LogP contribution in [0.15, 0.2) is 24.3 Å². The molecule has 1 aromatic carbocycles. The molecule has 0 saturated carbocycles. The third kappa shape index (κ3) is 5.02. The van der Waals surface area contributed by atoms with Crippen LogP contribution in [0.3, 0.4) is 0 Å². The molecule has 0 spiro atoms. The highest BCUT2D eigenvalue weighted by Crippen LogP contribution is 2.10. The number of rotatable bonds is 6. The van der Waals surface area contributed by atoms with E-state index in [1.807, 2.05) is 6.07 Å². The summed E-state index contributed by atoms with van der Waals surface area (Å²) >= 11 is 2.20. The maximum atomic E-state index is 11.7. The maximum absolute atomic E-state index is 11.7. The van der Waals surface area contributed by atoms with Gasteiger partial charge in [0.05, 0.1) is 17.4 Å². The van der Waals surface area contributed by atoms with Crippen molar-refractivity contribution in [3.05, 3.63) is 35.4 Å². The minimum Gasteiger partial charge on any atom is -0.215 e. The summed E-state index contributed by atoms with van der Waals surface area (Å²) in [5, 5.41) is 8.86. The van der Waals surface area contributed by atoms with Crippen molar-refractivity contribution in [1.82, 2.24) is 4.72 Å². The number of halogens is 1. The lowest BCUT2D eigenvalue weighted by Gasteiger charge is -2.07. The van der Waals surface area contributed by atoms with Crippen molar-refractivity contribution in [2.75, 3.05) is 11.0 Å². The number of hydrogen-bond donors (Lipinski definition) is 1. The zero-order valence-corrected chi connectivity index (χ0v) is 12.2. The third-order valence-electron chi connectivity index (χ3n) is 2.12. The highest BCUT2D eigenvalue weighted by molar-refractivity contribution is 14.1. The first-order valence-corrected chi connectivity index (χ1v) is 8.28. The first kappa shape index (κ1) is 14.4. The first-order chi connectivity index (χ1) is 8.09. The molecule has 0 aromatic heterocycles. The van der Waals surface area contributed by atoms with Gasteiger partial charge in [0.25, 0.3) is 0 Å². The van der Waals surface area contributed by atoms with Crippen LogP contribution >= 0.6 is 22.6 Å². The van der Waals surface area contributed by atoms with Crippen LogP contribution < -0.4 is 4.72 Å². The van der Waals surface area contributed by atoms with Crippen molar-refractivity contribution in [3.63, 3.8) is 0 Å². The van der Waals surface area contributed by atoms with Crippen molar-refractivity contribution < 1.29 is 8.42 Å². The van der Waals surface area contributed by atoms with Gasteiger partial charge < -0.3 is 0 Å². The number of sulfonamides is 1. The number of alkyl halides is 1. The standard InChI is InChI=1S/C11H13IN2O2S/c12-6-3-7-14-17(15,16)9-11-5-2-1-4-10(11)8-13/h1-2,4-5,14H,3,6-7,9H2. The van der Waals surface area contributed by atoms with E-state index in [0.717, 1.165) is 10.8 Å². The van der Waals surface area contributed by atoms with Crippen molar-refractivity contribution in [1.29, 1.82) is 5.26 Å². The Hall–Kier alpha value is -0.650. The van der Waals surface area contributed by atoms with E-state index in [-0.39, 0.29) is 5.75 Å². The molecule has 0 heterocycles. The van der Waals surface area contributed by atoms with Crippen LogP contribution in [0, 0.1) is 11.3 Å². The average Bonchev–Trinajstić information content (AvgIpc) is 2.29. The van der Waals surface area contributed by atoms with Gasteiger partial charge in [0.1, 0.15) is 0 Å². The van der Waals surface area contributed by atoms with Crippen molar-refractivity contribution >= 4 is 32.6 Å². The van der Waals surface area contributed by atoms with Crippen molar-refractivity contribution in [2.24, 2.45) is 0 Å². The van der Waals surface area contributed by atoms with Gasteiger partial charge in [-0.2, -0.15) is 5.26 Å². The van der Waals surface area contributed by atoms with E-state index in [1.165, 1.54) is 0 Å². The molecule has 0 aliphatic heterocycles. The molecule has 1 rings (SSSR count). The lowest BCUT2D eigenvalue weighted by molar-refractivity contribution is 0.580. The molecule has 17 heavy (non-hydrogen) atoms. The largest absolute Gasteiger partial charge is 0.215 e. The molecule has 0 unspecified atom stereocenters. The van der Waals surface area contributed by atoms with E-state index in [2.05, 4.69) is 27.3 Å². The summed E-state index contributed by atoms with van der Waals surface area (Å²) in [6.45, 7) is 0.444. The Balaban J connectivity index is 2.73. The van der Waals surface area contributed by atoms with Crippen LogP contribution in [-0.2, 0) is 15.8 Å². The molecule has 0 atom stereocenters. The monoisotopic (exact) mass is 364 g/mol. The van der Waals surface area contributed by atoms with Crippen molar-refractivity contribution in [2.45, 2.75) is 12.2 Å². The predicted molar refractivity (Wildman–Crippen MR) is 75.3 cm³/mol. The van der Waals surface area contributed by atoms with Crippen LogP contribution in [0.25, 0.3) is 0 Å². The van der Waals surface area contributed by atoms with Gasteiger partial charge in [0, 0.05) is 11.0 Å².